The molecule has 1 atom stereocenters. The van der Waals surface area contributed by atoms with Gasteiger partial charge in [0.15, 0.2) is 0 Å². The molecule has 1 unspecified atom stereocenters. The first kappa shape index (κ1) is 24.8. The lowest BCUT2D eigenvalue weighted by atomic mass is 9.79. The van der Waals surface area contributed by atoms with Gasteiger partial charge in [-0.25, -0.2) is 9.69 Å². The van der Waals surface area contributed by atoms with Gasteiger partial charge >= 0.3 is 6.03 Å². The highest BCUT2D eigenvalue weighted by atomic mass is 35.5. The maximum absolute atomic E-state index is 13.3. The maximum Gasteiger partial charge on any atom is 0.335 e. The molecular weight excluding hydrogens is 466 g/mol. The summed E-state index contributed by atoms with van der Waals surface area (Å²) >= 11 is 6.66. The van der Waals surface area contributed by atoms with Crippen LogP contribution in [0.15, 0.2) is 42.0 Å². The van der Waals surface area contributed by atoms with Gasteiger partial charge in [-0.15, -0.1) is 0 Å². The van der Waals surface area contributed by atoms with Crippen LogP contribution in [0.1, 0.15) is 58.1 Å². The Morgan fingerprint density at radius 1 is 1.14 bits per heavy atom. The number of fused-ring (bicyclic) bond motifs is 1. The monoisotopic (exact) mass is 495 g/mol. The first-order chi connectivity index (χ1) is 16.6. The first-order valence-electron chi connectivity index (χ1n) is 11.8. The molecule has 2 aliphatic heterocycles. The smallest absolute Gasteiger partial charge is 0.335 e. The summed E-state index contributed by atoms with van der Waals surface area (Å²) in [6.45, 7) is 11.9. The van der Waals surface area contributed by atoms with Gasteiger partial charge in [0.05, 0.1) is 12.3 Å². The minimum Gasteiger partial charge on any atom is -0.494 e. The SMILES string of the molecule is CCOc1ccc(N2C(=O)NC(=O)/C(=C/c3cc4c(cc3Cl)N(CC)C(C)(C)CC4C)C2=O)cc1. The van der Waals surface area contributed by atoms with Crippen molar-refractivity contribution in [1.82, 2.24) is 5.32 Å². The lowest BCUT2D eigenvalue weighted by molar-refractivity contribution is -0.122. The quantitative estimate of drug-likeness (QED) is 0.436. The van der Waals surface area contributed by atoms with Crippen LogP contribution in [0, 0.1) is 0 Å². The van der Waals surface area contributed by atoms with Crippen molar-refractivity contribution in [1.29, 1.82) is 0 Å². The summed E-state index contributed by atoms with van der Waals surface area (Å²) in [5, 5.41) is 2.70. The molecule has 2 aromatic rings. The third-order valence-corrected chi connectivity index (χ3v) is 6.96. The lowest BCUT2D eigenvalue weighted by Crippen LogP contribution is -2.54. The summed E-state index contributed by atoms with van der Waals surface area (Å²) < 4.78 is 5.43. The molecule has 7 nitrogen and oxygen atoms in total. The number of carbonyl (C=O) groups excluding carboxylic acids is 3. The number of barbiturate groups is 1. The second-order valence-electron chi connectivity index (χ2n) is 9.48. The van der Waals surface area contributed by atoms with Crippen LogP contribution >= 0.6 is 11.6 Å². The van der Waals surface area contributed by atoms with Gasteiger partial charge in [0.2, 0.25) is 0 Å². The molecule has 2 aliphatic rings. The van der Waals surface area contributed by atoms with Crippen molar-refractivity contribution < 1.29 is 19.1 Å². The van der Waals surface area contributed by atoms with E-state index >= 15 is 0 Å². The van der Waals surface area contributed by atoms with Crippen LogP contribution in [0.5, 0.6) is 5.75 Å². The standard InChI is InChI=1S/C27H30ClN3O4/c1-6-30-23-14-22(28)17(12-20(23)16(3)15-27(30,4)5)13-21-24(32)29-26(34)31(25(21)33)18-8-10-19(11-9-18)35-7-2/h8-14,16H,6-7,15H2,1-5H3,(H,29,32,34)/b21-13-. The van der Waals surface area contributed by atoms with Gasteiger partial charge in [-0.3, -0.25) is 14.9 Å². The molecule has 0 aromatic heterocycles. The van der Waals surface area contributed by atoms with Gasteiger partial charge in [0.25, 0.3) is 11.8 Å². The van der Waals surface area contributed by atoms with E-state index in [9.17, 15) is 14.4 Å². The van der Waals surface area contributed by atoms with E-state index in [0.29, 0.717) is 28.6 Å². The Hall–Kier alpha value is -3.32. The third-order valence-electron chi connectivity index (χ3n) is 6.63. The van der Waals surface area contributed by atoms with Crippen molar-refractivity contribution in [3.8, 4) is 5.75 Å². The van der Waals surface area contributed by atoms with Gasteiger partial charge in [-0.05, 0) is 93.6 Å². The predicted octanol–water partition coefficient (Wildman–Crippen LogP) is 5.52. The predicted molar refractivity (Wildman–Crippen MR) is 138 cm³/mol. The second kappa shape index (κ2) is 9.38. The molecular formula is C27H30ClN3O4. The van der Waals surface area contributed by atoms with Crippen molar-refractivity contribution in [3.63, 3.8) is 0 Å². The van der Waals surface area contributed by atoms with E-state index in [2.05, 4.69) is 37.9 Å². The molecule has 8 heteroatoms. The van der Waals surface area contributed by atoms with Crippen LogP contribution in [0.25, 0.3) is 6.08 Å². The topological polar surface area (TPSA) is 79.0 Å². The fourth-order valence-electron chi connectivity index (χ4n) is 5.14. The molecule has 0 spiro atoms. The summed E-state index contributed by atoms with van der Waals surface area (Å²) in [7, 11) is 0. The van der Waals surface area contributed by atoms with Crippen LogP contribution < -0.4 is 19.9 Å². The van der Waals surface area contributed by atoms with Crippen molar-refractivity contribution in [3.05, 3.63) is 58.1 Å². The highest BCUT2D eigenvalue weighted by Crippen LogP contribution is 2.45. The number of ether oxygens (including phenoxy) is 1. The highest BCUT2D eigenvalue weighted by molar-refractivity contribution is 6.40. The minimum atomic E-state index is -0.799. The summed E-state index contributed by atoms with van der Waals surface area (Å²) in [5.74, 6) is -0.566. The van der Waals surface area contributed by atoms with Crippen LogP contribution in [0.2, 0.25) is 5.02 Å². The van der Waals surface area contributed by atoms with Gasteiger partial charge < -0.3 is 9.64 Å². The molecule has 0 bridgehead atoms. The molecule has 0 saturated carbocycles. The number of nitrogens with one attached hydrogen (secondary N) is 1. The van der Waals surface area contributed by atoms with Gasteiger partial charge in [-0.1, -0.05) is 18.5 Å². The number of carbonyl (C=O) groups is 3. The van der Waals surface area contributed by atoms with Crippen LogP contribution in [0.4, 0.5) is 16.2 Å². The van der Waals surface area contributed by atoms with E-state index in [4.69, 9.17) is 16.3 Å². The average Bonchev–Trinajstić information content (AvgIpc) is 2.78. The van der Waals surface area contributed by atoms with Crippen LogP contribution in [-0.4, -0.2) is 36.5 Å². The van der Waals surface area contributed by atoms with Crippen molar-refractivity contribution in [2.75, 3.05) is 23.0 Å². The molecule has 1 saturated heterocycles. The molecule has 35 heavy (non-hydrogen) atoms. The summed E-state index contributed by atoms with van der Waals surface area (Å²) in [6.07, 6.45) is 2.43. The van der Waals surface area contributed by atoms with Gasteiger partial charge in [-0.2, -0.15) is 0 Å². The van der Waals surface area contributed by atoms with Crippen LogP contribution in [-0.2, 0) is 9.59 Å². The first-order valence-corrected chi connectivity index (χ1v) is 12.2. The lowest BCUT2D eigenvalue weighted by Gasteiger charge is -2.47. The molecule has 1 fully saturated rings. The number of imide groups is 2. The van der Waals surface area contributed by atoms with E-state index in [1.54, 1.807) is 24.3 Å². The number of benzene rings is 2. The zero-order valence-electron chi connectivity index (χ0n) is 20.6. The van der Waals surface area contributed by atoms with E-state index < -0.39 is 17.8 Å². The maximum atomic E-state index is 13.3. The zero-order valence-corrected chi connectivity index (χ0v) is 21.4. The van der Waals surface area contributed by atoms with Gasteiger partial charge in [0.1, 0.15) is 11.3 Å². The minimum absolute atomic E-state index is 0.0116. The number of anilines is 2. The third kappa shape index (κ3) is 4.52. The fraction of sp³-hybridized carbons (Fsp3) is 0.370. The number of amides is 4. The van der Waals surface area contributed by atoms with E-state index in [1.807, 2.05) is 19.1 Å². The largest absolute Gasteiger partial charge is 0.494 e. The number of urea groups is 1. The van der Waals surface area contributed by atoms with Crippen LogP contribution in [0.3, 0.4) is 0 Å². The molecule has 4 amide bonds. The Morgan fingerprint density at radius 3 is 2.46 bits per heavy atom. The molecule has 0 aliphatic carbocycles. The summed E-state index contributed by atoms with van der Waals surface area (Å²) in [6, 6.07) is 9.60. The number of nitrogens with zero attached hydrogens (tertiary/aromatic N) is 2. The highest BCUT2D eigenvalue weighted by Gasteiger charge is 2.38. The van der Waals surface area contributed by atoms with E-state index in [1.165, 1.54) is 6.08 Å². The fourth-order valence-corrected chi connectivity index (χ4v) is 5.35. The average molecular weight is 496 g/mol. The normalized spacial score (nSPS) is 20.7. The zero-order chi connectivity index (χ0) is 25.5. The van der Waals surface area contributed by atoms with E-state index in [-0.39, 0.29) is 17.0 Å². The number of halogens is 1. The number of rotatable bonds is 5. The molecule has 4 rings (SSSR count). The number of hydrogen-bond donors (Lipinski definition) is 1. The van der Waals surface area contributed by atoms with Crippen molar-refractivity contribution in [2.45, 2.75) is 52.5 Å². The Labute approximate surface area is 210 Å². The summed E-state index contributed by atoms with van der Waals surface area (Å²) in [4.78, 5) is 41.8. The molecule has 2 heterocycles. The Balaban J connectivity index is 1.73. The Kier molecular flexibility index (Phi) is 6.64. The second-order valence-corrected chi connectivity index (χ2v) is 9.89. The molecule has 2 aromatic carbocycles. The Bertz CT molecular complexity index is 1220. The molecule has 184 valence electrons. The van der Waals surface area contributed by atoms with E-state index in [0.717, 1.165) is 29.1 Å². The van der Waals surface area contributed by atoms with Gasteiger partial charge in [0, 0.05) is 22.8 Å². The number of hydrogen-bond acceptors (Lipinski definition) is 5. The Morgan fingerprint density at radius 2 is 1.83 bits per heavy atom. The molecule has 0 radical (unpaired) electrons. The summed E-state index contributed by atoms with van der Waals surface area (Å²) in [5.41, 5.74) is 2.91. The van der Waals surface area contributed by atoms with Crippen molar-refractivity contribution >= 4 is 46.9 Å². The molecule has 1 N–H and O–H groups in total. The van der Waals surface area contributed by atoms with Crippen molar-refractivity contribution in [2.24, 2.45) is 0 Å².